The zero-order valence-electron chi connectivity index (χ0n) is 13.5. The molecule has 3 rings (SSSR count). The van der Waals surface area contributed by atoms with Crippen molar-refractivity contribution in [1.82, 2.24) is 9.88 Å². The van der Waals surface area contributed by atoms with Crippen molar-refractivity contribution in [3.05, 3.63) is 95.8 Å². The molecule has 0 fully saturated rings. The standard InChI is InChI=1S/C20H18N2O3/c23-19(21-18(20(24)25)16-10-5-2-6-11-16)17-12-7-13-22(17)14-15-8-3-1-4-9-15/h1-13,18H,14H2,(H,21,23)(H,24,25)/t18-/m1/s1. The van der Waals surface area contributed by atoms with Gasteiger partial charge in [-0.2, -0.15) is 0 Å². The molecule has 2 aromatic carbocycles. The first-order valence-corrected chi connectivity index (χ1v) is 7.93. The van der Waals surface area contributed by atoms with Crippen molar-refractivity contribution < 1.29 is 14.7 Å². The molecule has 2 N–H and O–H groups in total. The van der Waals surface area contributed by atoms with Crippen LogP contribution in [0.5, 0.6) is 0 Å². The molecule has 126 valence electrons. The van der Waals surface area contributed by atoms with Gasteiger partial charge in [0.2, 0.25) is 0 Å². The van der Waals surface area contributed by atoms with Crippen LogP contribution in [0.1, 0.15) is 27.7 Å². The van der Waals surface area contributed by atoms with Crippen molar-refractivity contribution in [1.29, 1.82) is 0 Å². The Labute approximate surface area is 145 Å². The van der Waals surface area contributed by atoms with Crippen molar-refractivity contribution >= 4 is 11.9 Å². The molecular weight excluding hydrogens is 316 g/mol. The zero-order valence-corrected chi connectivity index (χ0v) is 13.5. The second-order valence-electron chi connectivity index (χ2n) is 5.66. The summed E-state index contributed by atoms with van der Waals surface area (Å²) in [7, 11) is 0. The minimum absolute atomic E-state index is 0.419. The largest absolute Gasteiger partial charge is 0.479 e. The number of carboxylic acids is 1. The van der Waals surface area contributed by atoms with Gasteiger partial charge in [-0.1, -0.05) is 60.7 Å². The molecule has 3 aromatic rings. The first-order chi connectivity index (χ1) is 12.1. The minimum Gasteiger partial charge on any atom is -0.479 e. The SMILES string of the molecule is O=C(N[C@@H](C(=O)O)c1ccccc1)c1cccn1Cc1ccccc1. The molecule has 0 spiro atoms. The summed E-state index contributed by atoms with van der Waals surface area (Å²) in [5.74, 6) is -1.52. The number of amides is 1. The van der Waals surface area contributed by atoms with Crippen LogP contribution in [0.2, 0.25) is 0 Å². The van der Waals surface area contributed by atoms with Gasteiger partial charge in [-0.05, 0) is 23.3 Å². The van der Waals surface area contributed by atoms with Crippen molar-refractivity contribution in [2.45, 2.75) is 12.6 Å². The predicted octanol–water partition coefficient (Wildman–Crippen LogP) is 3.09. The summed E-state index contributed by atoms with van der Waals surface area (Å²) in [6.07, 6.45) is 1.81. The smallest absolute Gasteiger partial charge is 0.330 e. The van der Waals surface area contributed by atoms with Gasteiger partial charge in [0.1, 0.15) is 5.69 Å². The van der Waals surface area contributed by atoms with Gasteiger partial charge in [-0.3, -0.25) is 4.79 Å². The van der Waals surface area contributed by atoms with Crippen LogP contribution < -0.4 is 5.32 Å². The number of carbonyl (C=O) groups is 2. The lowest BCUT2D eigenvalue weighted by atomic mass is 10.1. The number of nitrogens with zero attached hydrogens (tertiary/aromatic N) is 1. The van der Waals surface area contributed by atoms with Gasteiger partial charge in [-0.25, -0.2) is 4.79 Å². The van der Waals surface area contributed by atoms with Gasteiger partial charge in [0.25, 0.3) is 5.91 Å². The summed E-state index contributed by atoms with van der Waals surface area (Å²) < 4.78 is 1.80. The number of carbonyl (C=O) groups excluding carboxylic acids is 1. The molecule has 5 nitrogen and oxygen atoms in total. The van der Waals surface area contributed by atoms with Crippen molar-refractivity contribution in [2.24, 2.45) is 0 Å². The average Bonchev–Trinajstić information content (AvgIpc) is 3.09. The third-order valence-corrected chi connectivity index (χ3v) is 3.91. The Morgan fingerprint density at radius 3 is 2.20 bits per heavy atom. The Balaban J connectivity index is 1.79. The number of hydrogen-bond donors (Lipinski definition) is 2. The molecule has 0 unspecified atom stereocenters. The van der Waals surface area contributed by atoms with E-state index in [4.69, 9.17) is 0 Å². The first-order valence-electron chi connectivity index (χ1n) is 7.93. The molecule has 0 aliphatic rings. The second kappa shape index (κ2) is 7.49. The first kappa shape index (κ1) is 16.5. The lowest BCUT2D eigenvalue weighted by Crippen LogP contribution is -2.34. The number of hydrogen-bond acceptors (Lipinski definition) is 2. The average molecular weight is 334 g/mol. The summed E-state index contributed by atoms with van der Waals surface area (Å²) in [5, 5.41) is 12.1. The van der Waals surface area contributed by atoms with E-state index in [1.54, 1.807) is 53.2 Å². The Morgan fingerprint density at radius 2 is 1.56 bits per heavy atom. The van der Waals surface area contributed by atoms with E-state index < -0.39 is 17.9 Å². The Bertz CT molecular complexity index is 857. The van der Waals surface area contributed by atoms with Crippen LogP contribution in [0.25, 0.3) is 0 Å². The highest BCUT2D eigenvalue weighted by Crippen LogP contribution is 2.15. The van der Waals surface area contributed by atoms with E-state index in [-0.39, 0.29) is 0 Å². The monoisotopic (exact) mass is 334 g/mol. The maximum atomic E-state index is 12.6. The molecule has 0 aliphatic heterocycles. The molecule has 1 atom stereocenters. The van der Waals surface area contributed by atoms with Crippen LogP contribution >= 0.6 is 0 Å². The van der Waals surface area contributed by atoms with E-state index in [2.05, 4.69) is 5.32 Å². The van der Waals surface area contributed by atoms with E-state index in [1.807, 2.05) is 30.3 Å². The highest BCUT2D eigenvalue weighted by Gasteiger charge is 2.23. The summed E-state index contributed by atoms with van der Waals surface area (Å²) in [6.45, 7) is 0.541. The third kappa shape index (κ3) is 3.95. The normalized spacial score (nSPS) is 11.7. The molecule has 0 radical (unpaired) electrons. The maximum absolute atomic E-state index is 12.6. The molecule has 1 amide bonds. The topological polar surface area (TPSA) is 71.3 Å². The van der Waals surface area contributed by atoms with Crippen LogP contribution in [-0.4, -0.2) is 21.6 Å². The molecule has 1 aromatic heterocycles. The maximum Gasteiger partial charge on any atom is 0.330 e. The summed E-state index contributed by atoms with van der Waals surface area (Å²) in [4.78, 5) is 24.2. The molecule has 0 saturated carbocycles. The number of nitrogens with one attached hydrogen (secondary N) is 1. The van der Waals surface area contributed by atoms with E-state index in [0.29, 0.717) is 17.8 Å². The number of rotatable bonds is 6. The zero-order chi connectivity index (χ0) is 17.6. The quantitative estimate of drug-likeness (QED) is 0.728. The molecule has 5 heteroatoms. The van der Waals surface area contributed by atoms with Crippen molar-refractivity contribution in [3.63, 3.8) is 0 Å². The third-order valence-electron chi connectivity index (χ3n) is 3.91. The molecule has 0 bridgehead atoms. The number of benzene rings is 2. The van der Waals surface area contributed by atoms with Crippen LogP contribution in [0.3, 0.4) is 0 Å². The highest BCUT2D eigenvalue weighted by atomic mass is 16.4. The lowest BCUT2D eigenvalue weighted by molar-refractivity contribution is -0.139. The van der Waals surface area contributed by atoms with Crippen LogP contribution in [0.4, 0.5) is 0 Å². The van der Waals surface area contributed by atoms with Crippen LogP contribution in [-0.2, 0) is 11.3 Å². The molecule has 0 aliphatic carbocycles. The van der Waals surface area contributed by atoms with Gasteiger partial charge < -0.3 is 15.0 Å². The summed E-state index contributed by atoms with van der Waals surface area (Å²) in [5.41, 5.74) is 2.01. The number of aromatic nitrogens is 1. The van der Waals surface area contributed by atoms with Gasteiger partial charge in [0.05, 0.1) is 0 Å². The fourth-order valence-corrected chi connectivity index (χ4v) is 2.68. The molecular formula is C20H18N2O3. The fourth-order valence-electron chi connectivity index (χ4n) is 2.68. The second-order valence-corrected chi connectivity index (χ2v) is 5.66. The fraction of sp³-hybridized carbons (Fsp3) is 0.100. The lowest BCUT2D eigenvalue weighted by Gasteiger charge is -2.16. The molecule has 25 heavy (non-hydrogen) atoms. The van der Waals surface area contributed by atoms with Gasteiger partial charge in [0.15, 0.2) is 6.04 Å². The van der Waals surface area contributed by atoms with Gasteiger partial charge in [0, 0.05) is 12.7 Å². The Kier molecular flexibility index (Phi) is 4.95. The van der Waals surface area contributed by atoms with Crippen molar-refractivity contribution in [2.75, 3.05) is 0 Å². The Hall–Kier alpha value is -3.34. The van der Waals surface area contributed by atoms with Crippen molar-refractivity contribution in [3.8, 4) is 0 Å². The number of aliphatic carboxylic acids is 1. The van der Waals surface area contributed by atoms with Crippen LogP contribution in [0.15, 0.2) is 79.0 Å². The summed E-state index contributed by atoms with van der Waals surface area (Å²) >= 11 is 0. The number of carboxylic acid groups (broad SMARTS) is 1. The molecule has 0 saturated heterocycles. The predicted molar refractivity (Wildman–Crippen MR) is 94.3 cm³/mol. The van der Waals surface area contributed by atoms with Gasteiger partial charge >= 0.3 is 5.97 Å². The Morgan fingerprint density at radius 1 is 0.920 bits per heavy atom. The highest BCUT2D eigenvalue weighted by molar-refractivity contribution is 5.95. The minimum atomic E-state index is -1.10. The molecule has 1 heterocycles. The van der Waals surface area contributed by atoms with E-state index in [9.17, 15) is 14.7 Å². The summed E-state index contributed by atoms with van der Waals surface area (Å²) in [6, 6.07) is 20.8. The van der Waals surface area contributed by atoms with E-state index >= 15 is 0 Å². The van der Waals surface area contributed by atoms with Gasteiger partial charge in [-0.15, -0.1) is 0 Å². The van der Waals surface area contributed by atoms with Crippen LogP contribution in [0, 0.1) is 0 Å². The van der Waals surface area contributed by atoms with E-state index in [1.165, 1.54) is 0 Å². The van der Waals surface area contributed by atoms with E-state index in [0.717, 1.165) is 5.56 Å².